The summed E-state index contributed by atoms with van der Waals surface area (Å²) in [6.45, 7) is 0. The minimum absolute atomic E-state index is 0.190. The largest absolute Gasteiger partial charge is 0.416 e. The number of hydrogen-bond acceptors (Lipinski definition) is 3. The van der Waals surface area contributed by atoms with E-state index in [2.05, 4.69) is 10.1 Å². The fourth-order valence-electron chi connectivity index (χ4n) is 1.46. The highest BCUT2D eigenvalue weighted by Gasteiger charge is 2.31. The van der Waals surface area contributed by atoms with Gasteiger partial charge in [0.2, 0.25) is 6.08 Å². The van der Waals surface area contributed by atoms with E-state index in [9.17, 15) is 18.0 Å². The Labute approximate surface area is 110 Å². The van der Waals surface area contributed by atoms with Crippen molar-refractivity contribution in [1.29, 1.82) is 0 Å². The number of carbonyl (C=O) groups excluding carboxylic acids is 1. The van der Waals surface area contributed by atoms with Gasteiger partial charge in [-0.1, -0.05) is 11.6 Å². The molecular weight excluding hydrogens is 283 g/mol. The van der Waals surface area contributed by atoms with Crippen LogP contribution >= 0.6 is 11.6 Å². The van der Waals surface area contributed by atoms with Gasteiger partial charge in [0, 0.05) is 6.20 Å². The maximum absolute atomic E-state index is 12.6. The Kier molecular flexibility index (Phi) is 3.42. The Morgan fingerprint density at radius 2 is 2.11 bits per heavy atom. The predicted octanol–water partition coefficient (Wildman–Crippen LogP) is 3.51. The second kappa shape index (κ2) is 4.87. The first-order valence-electron chi connectivity index (χ1n) is 4.91. The lowest BCUT2D eigenvalue weighted by molar-refractivity contribution is -0.137. The highest BCUT2D eigenvalue weighted by atomic mass is 35.5. The molecule has 0 N–H and O–H groups in total. The average molecular weight is 288 g/mol. The highest BCUT2D eigenvalue weighted by molar-refractivity contribution is 6.30. The molecule has 0 unspecified atom stereocenters. The smallest absolute Gasteiger partial charge is 0.237 e. The summed E-state index contributed by atoms with van der Waals surface area (Å²) in [6.07, 6.45) is -0.611. The zero-order valence-electron chi connectivity index (χ0n) is 9.15. The fraction of sp³-hybridized carbons (Fsp3) is 0.0909. The molecule has 0 atom stereocenters. The lowest BCUT2D eigenvalue weighted by Crippen LogP contribution is -2.05. The van der Waals surface area contributed by atoms with Gasteiger partial charge < -0.3 is 0 Å². The number of hydrogen-bond donors (Lipinski definition) is 0. The van der Waals surface area contributed by atoms with Crippen molar-refractivity contribution in [2.75, 3.05) is 0 Å². The molecule has 0 aliphatic heterocycles. The van der Waals surface area contributed by atoms with Crippen LogP contribution in [-0.2, 0) is 11.0 Å². The lowest BCUT2D eigenvalue weighted by atomic mass is 10.1. The standard InChI is InChI=1S/C11H5ClF3N3O/c12-8-4-17-18(5-8)10-2-1-7(11(13,14)15)3-9(10)16-6-19/h1-5H. The van der Waals surface area contributed by atoms with Crippen LogP contribution in [0.2, 0.25) is 5.02 Å². The van der Waals surface area contributed by atoms with E-state index in [0.29, 0.717) is 5.02 Å². The third kappa shape index (κ3) is 2.83. The van der Waals surface area contributed by atoms with Crippen LogP contribution in [0, 0.1) is 0 Å². The minimum Gasteiger partial charge on any atom is -0.237 e. The third-order valence-electron chi connectivity index (χ3n) is 2.27. The number of aliphatic imine (C=N–C) groups is 1. The summed E-state index contributed by atoms with van der Waals surface area (Å²) in [5.74, 6) is 0. The zero-order chi connectivity index (χ0) is 14.0. The van der Waals surface area contributed by atoms with Crippen LogP contribution in [0.25, 0.3) is 5.69 Å². The molecule has 0 aliphatic rings. The summed E-state index contributed by atoms with van der Waals surface area (Å²) in [7, 11) is 0. The van der Waals surface area contributed by atoms with Gasteiger partial charge >= 0.3 is 6.18 Å². The second-order valence-corrected chi connectivity index (χ2v) is 3.94. The number of benzene rings is 1. The first-order valence-corrected chi connectivity index (χ1v) is 5.29. The van der Waals surface area contributed by atoms with Crippen LogP contribution in [0.1, 0.15) is 5.56 Å². The van der Waals surface area contributed by atoms with Gasteiger partial charge in [0.1, 0.15) is 5.69 Å². The monoisotopic (exact) mass is 287 g/mol. The fourth-order valence-corrected chi connectivity index (χ4v) is 1.60. The summed E-state index contributed by atoms with van der Waals surface area (Å²) in [5, 5.41) is 4.14. The molecular formula is C11H5ClF3N3O. The maximum atomic E-state index is 12.6. The normalized spacial score (nSPS) is 11.2. The van der Waals surface area contributed by atoms with E-state index >= 15 is 0 Å². The molecule has 0 spiro atoms. The number of halogens is 4. The molecule has 0 bridgehead atoms. The number of nitrogens with zero attached hydrogens (tertiary/aromatic N) is 3. The van der Waals surface area contributed by atoms with E-state index in [-0.39, 0.29) is 11.4 Å². The molecule has 0 fully saturated rings. The topological polar surface area (TPSA) is 47.2 Å². The molecule has 0 aliphatic carbocycles. The van der Waals surface area contributed by atoms with Gasteiger partial charge in [-0.05, 0) is 18.2 Å². The highest BCUT2D eigenvalue weighted by Crippen LogP contribution is 2.34. The van der Waals surface area contributed by atoms with Crippen molar-refractivity contribution in [3.8, 4) is 5.69 Å². The molecule has 0 radical (unpaired) electrons. The number of alkyl halides is 3. The zero-order valence-corrected chi connectivity index (χ0v) is 9.90. The van der Waals surface area contributed by atoms with E-state index in [1.54, 1.807) is 0 Å². The lowest BCUT2D eigenvalue weighted by Gasteiger charge is -2.10. The molecule has 1 heterocycles. The van der Waals surface area contributed by atoms with E-state index in [0.717, 1.165) is 18.2 Å². The summed E-state index contributed by atoms with van der Waals surface area (Å²) in [5.41, 5.74) is -0.906. The summed E-state index contributed by atoms with van der Waals surface area (Å²) < 4.78 is 38.9. The second-order valence-electron chi connectivity index (χ2n) is 3.51. The summed E-state index contributed by atoms with van der Waals surface area (Å²) >= 11 is 5.67. The molecule has 0 amide bonds. The van der Waals surface area contributed by atoms with Crippen molar-refractivity contribution in [3.63, 3.8) is 0 Å². The molecule has 0 saturated carbocycles. The Bertz CT molecular complexity index is 659. The molecule has 8 heteroatoms. The molecule has 19 heavy (non-hydrogen) atoms. The summed E-state index contributed by atoms with van der Waals surface area (Å²) in [4.78, 5) is 13.6. The van der Waals surface area contributed by atoms with Crippen molar-refractivity contribution in [2.45, 2.75) is 6.18 Å². The van der Waals surface area contributed by atoms with Crippen LogP contribution in [0.3, 0.4) is 0 Å². The first kappa shape index (κ1) is 13.3. The maximum Gasteiger partial charge on any atom is 0.416 e. The Morgan fingerprint density at radius 1 is 1.37 bits per heavy atom. The Hall–Kier alpha value is -2.11. The van der Waals surface area contributed by atoms with Gasteiger partial charge in [-0.3, -0.25) is 0 Å². The van der Waals surface area contributed by atoms with Gasteiger partial charge in [0.25, 0.3) is 0 Å². The van der Waals surface area contributed by atoms with Crippen LogP contribution in [0.5, 0.6) is 0 Å². The Balaban J connectivity index is 2.59. The first-order chi connectivity index (χ1) is 8.91. The number of aromatic nitrogens is 2. The van der Waals surface area contributed by atoms with Crippen molar-refractivity contribution < 1.29 is 18.0 Å². The van der Waals surface area contributed by atoms with Gasteiger partial charge in [0.15, 0.2) is 0 Å². The quantitative estimate of drug-likeness (QED) is 0.627. The van der Waals surface area contributed by atoms with Crippen LogP contribution < -0.4 is 0 Å². The molecule has 2 rings (SSSR count). The molecule has 4 nitrogen and oxygen atoms in total. The van der Waals surface area contributed by atoms with E-state index < -0.39 is 11.7 Å². The molecule has 98 valence electrons. The van der Waals surface area contributed by atoms with Gasteiger partial charge in [-0.15, -0.1) is 0 Å². The van der Waals surface area contributed by atoms with Gasteiger partial charge in [-0.25, -0.2) is 9.48 Å². The van der Waals surface area contributed by atoms with E-state index in [4.69, 9.17) is 11.6 Å². The predicted molar refractivity (Wildman–Crippen MR) is 61.4 cm³/mol. The van der Waals surface area contributed by atoms with Gasteiger partial charge in [0.05, 0.1) is 22.5 Å². The van der Waals surface area contributed by atoms with Crippen LogP contribution in [-0.4, -0.2) is 15.9 Å². The SMILES string of the molecule is O=C=Nc1cc(C(F)(F)F)ccc1-n1cc(Cl)cn1. The van der Waals surface area contributed by atoms with E-state index in [1.165, 1.54) is 23.2 Å². The van der Waals surface area contributed by atoms with Crippen molar-refractivity contribution in [1.82, 2.24) is 9.78 Å². The van der Waals surface area contributed by atoms with Crippen molar-refractivity contribution in [3.05, 3.63) is 41.2 Å². The Morgan fingerprint density at radius 3 is 2.63 bits per heavy atom. The van der Waals surface area contributed by atoms with Gasteiger partial charge in [-0.2, -0.15) is 23.3 Å². The number of rotatable bonds is 2. The summed E-state index contributed by atoms with van der Waals surface area (Å²) in [6, 6.07) is 2.77. The van der Waals surface area contributed by atoms with Crippen molar-refractivity contribution >= 4 is 23.4 Å². The molecule has 0 saturated heterocycles. The molecule has 2 aromatic rings. The van der Waals surface area contributed by atoms with E-state index in [1.807, 2.05) is 0 Å². The van der Waals surface area contributed by atoms with Crippen molar-refractivity contribution in [2.24, 2.45) is 4.99 Å². The molecule has 1 aromatic heterocycles. The molecule has 1 aromatic carbocycles. The number of isocyanates is 1. The van der Waals surface area contributed by atoms with Crippen LogP contribution in [0.4, 0.5) is 18.9 Å². The van der Waals surface area contributed by atoms with Crippen LogP contribution in [0.15, 0.2) is 35.6 Å². The third-order valence-corrected chi connectivity index (χ3v) is 2.46. The minimum atomic E-state index is -4.52. The average Bonchev–Trinajstić information content (AvgIpc) is 2.75.